The van der Waals surface area contributed by atoms with Gasteiger partial charge in [0, 0.05) is 23.3 Å². The highest BCUT2D eigenvalue weighted by molar-refractivity contribution is 6.32. The van der Waals surface area contributed by atoms with Crippen LogP contribution in [0, 0.1) is 5.82 Å². The van der Waals surface area contributed by atoms with Crippen molar-refractivity contribution in [1.82, 2.24) is 9.97 Å². The van der Waals surface area contributed by atoms with Crippen LogP contribution < -0.4 is 5.32 Å². The van der Waals surface area contributed by atoms with Gasteiger partial charge in [0.05, 0.1) is 35.7 Å². The predicted octanol–water partition coefficient (Wildman–Crippen LogP) is 4.27. The van der Waals surface area contributed by atoms with E-state index in [0.29, 0.717) is 40.9 Å². The molecule has 8 heteroatoms. The number of anilines is 1. The minimum atomic E-state index is -0.644. The molecule has 2 aromatic rings. The molecule has 0 radical (unpaired) electrons. The summed E-state index contributed by atoms with van der Waals surface area (Å²) in [5, 5.41) is 13.6. The van der Waals surface area contributed by atoms with E-state index in [9.17, 15) is 9.50 Å². The van der Waals surface area contributed by atoms with Crippen molar-refractivity contribution in [3.63, 3.8) is 0 Å². The van der Waals surface area contributed by atoms with Gasteiger partial charge in [0.1, 0.15) is 11.5 Å². The highest BCUT2D eigenvalue weighted by atomic mass is 35.5. The lowest BCUT2D eigenvalue weighted by Crippen LogP contribution is -2.42. The molecule has 0 unspecified atom stereocenters. The second-order valence-corrected chi connectivity index (χ2v) is 8.22. The molecule has 4 rings (SSSR count). The normalized spacial score (nSPS) is 26.2. The summed E-state index contributed by atoms with van der Waals surface area (Å²) in [7, 11) is 0. The fraction of sp³-hybridized carbons (Fsp3) is 0.476. The number of hydrogen-bond donors (Lipinski definition) is 2. The van der Waals surface area contributed by atoms with Gasteiger partial charge < -0.3 is 15.2 Å². The Hall–Kier alpha value is -2.09. The molecule has 2 N–H and O–H groups in total. The van der Waals surface area contributed by atoms with Gasteiger partial charge in [-0.05, 0) is 37.5 Å². The number of benzene rings is 1. The first kappa shape index (κ1) is 20.2. The maximum Gasteiger partial charge on any atom is 0.223 e. The Kier molecular flexibility index (Phi) is 5.31. The summed E-state index contributed by atoms with van der Waals surface area (Å²) in [6, 6.07) is 3.12. The Balaban J connectivity index is 1.72. The first-order valence-electron chi connectivity index (χ1n) is 9.78. The van der Waals surface area contributed by atoms with Crippen molar-refractivity contribution in [2.45, 2.75) is 51.2 Å². The number of aliphatic hydroxyl groups excluding tert-OH is 1. The Bertz CT molecular complexity index is 983. The first-order chi connectivity index (χ1) is 13.8. The van der Waals surface area contributed by atoms with E-state index in [2.05, 4.69) is 34.1 Å². The largest absolute Gasteiger partial charge is 0.389 e. The van der Waals surface area contributed by atoms with E-state index in [0.717, 1.165) is 17.7 Å². The van der Waals surface area contributed by atoms with Crippen LogP contribution in [0.1, 0.15) is 39.2 Å². The average molecular weight is 419 g/mol. The van der Waals surface area contributed by atoms with E-state index in [4.69, 9.17) is 16.3 Å². The van der Waals surface area contributed by atoms with Gasteiger partial charge in [-0.2, -0.15) is 0 Å². The third-order valence-corrected chi connectivity index (χ3v) is 6.38. The van der Waals surface area contributed by atoms with Crippen LogP contribution >= 0.6 is 11.6 Å². The number of halogens is 2. The van der Waals surface area contributed by atoms with Gasteiger partial charge in [-0.1, -0.05) is 25.4 Å². The number of hydrogen-bond acceptors (Lipinski definition) is 6. The summed E-state index contributed by atoms with van der Waals surface area (Å²) >= 11 is 6.37. The summed E-state index contributed by atoms with van der Waals surface area (Å²) < 4.78 is 20.1. The lowest BCUT2D eigenvalue weighted by atomic mass is 9.77. The second-order valence-electron chi connectivity index (χ2n) is 7.81. The Labute approximate surface area is 174 Å². The third kappa shape index (κ3) is 3.52. The molecule has 3 atom stereocenters. The summed E-state index contributed by atoms with van der Waals surface area (Å²) in [4.78, 5) is 13.2. The molecule has 0 saturated carbocycles. The van der Waals surface area contributed by atoms with Crippen LogP contribution in [-0.4, -0.2) is 46.1 Å². The molecule has 0 amide bonds. The van der Waals surface area contributed by atoms with Gasteiger partial charge in [0.25, 0.3) is 0 Å². The van der Waals surface area contributed by atoms with Crippen molar-refractivity contribution in [3.05, 3.63) is 34.7 Å². The predicted molar refractivity (Wildman–Crippen MR) is 112 cm³/mol. The molecule has 154 valence electrons. The lowest BCUT2D eigenvalue weighted by molar-refractivity contribution is -0.0136. The molecule has 6 nitrogen and oxygen atoms in total. The summed E-state index contributed by atoms with van der Waals surface area (Å²) in [6.07, 6.45) is 2.30. The van der Waals surface area contributed by atoms with Crippen molar-refractivity contribution < 1.29 is 14.2 Å². The molecule has 0 bridgehead atoms. The number of aliphatic imine (C=N–C) groups is 1. The Morgan fingerprint density at radius 1 is 1.41 bits per heavy atom. The summed E-state index contributed by atoms with van der Waals surface area (Å²) in [6.45, 7) is 6.89. The van der Waals surface area contributed by atoms with E-state index in [-0.39, 0.29) is 18.1 Å². The molecule has 2 aliphatic rings. The van der Waals surface area contributed by atoms with Crippen molar-refractivity contribution in [1.29, 1.82) is 0 Å². The molecule has 0 spiro atoms. The quantitative estimate of drug-likeness (QED) is 0.775. The fourth-order valence-corrected chi connectivity index (χ4v) is 4.10. The maximum absolute atomic E-state index is 14.9. The lowest BCUT2D eigenvalue weighted by Gasteiger charge is -2.28. The van der Waals surface area contributed by atoms with E-state index in [1.807, 2.05) is 13.0 Å². The molecule has 2 aliphatic heterocycles. The highest BCUT2D eigenvalue weighted by Crippen LogP contribution is 2.45. The van der Waals surface area contributed by atoms with Gasteiger partial charge in [-0.3, -0.25) is 4.99 Å². The molecular weight excluding hydrogens is 395 g/mol. The molecular formula is C21H24ClFN4O2. The van der Waals surface area contributed by atoms with Crippen molar-refractivity contribution in [2.24, 2.45) is 4.99 Å². The zero-order chi connectivity index (χ0) is 20.8. The summed E-state index contributed by atoms with van der Waals surface area (Å²) in [5.74, 6) is -0.0556. The van der Waals surface area contributed by atoms with Crippen molar-refractivity contribution in [2.75, 3.05) is 18.5 Å². The molecule has 29 heavy (non-hydrogen) atoms. The monoisotopic (exact) mass is 418 g/mol. The van der Waals surface area contributed by atoms with Crippen molar-refractivity contribution in [3.8, 4) is 11.3 Å². The highest BCUT2D eigenvalue weighted by Gasteiger charge is 2.37. The topological polar surface area (TPSA) is 79.6 Å². The number of ether oxygens (including phenoxy) is 1. The van der Waals surface area contributed by atoms with Crippen LogP contribution in [0.25, 0.3) is 11.3 Å². The van der Waals surface area contributed by atoms with E-state index >= 15 is 0 Å². The fourth-order valence-electron chi connectivity index (χ4n) is 3.90. The van der Waals surface area contributed by atoms with Crippen LogP contribution in [0.15, 0.2) is 23.3 Å². The molecule has 1 fully saturated rings. The number of aromatic nitrogens is 2. The van der Waals surface area contributed by atoms with Gasteiger partial charge in [-0.25, -0.2) is 14.4 Å². The van der Waals surface area contributed by atoms with Gasteiger partial charge in [0.2, 0.25) is 5.95 Å². The Morgan fingerprint density at radius 2 is 2.21 bits per heavy atom. The third-order valence-electron chi connectivity index (χ3n) is 6.10. The number of nitrogens with zero attached hydrogens (tertiary/aromatic N) is 3. The van der Waals surface area contributed by atoms with E-state index in [1.54, 1.807) is 0 Å². The zero-order valence-corrected chi connectivity index (χ0v) is 17.4. The van der Waals surface area contributed by atoms with Crippen LogP contribution in [0.5, 0.6) is 0 Å². The minimum Gasteiger partial charge on any atom is -0.389 e. The zero-order valence-electron chi connectivity index (χ0n) is 16.7. The summed E-state index contributed by atoms with van der Waals surface area (Å²) in [5.41, 5.74) is 2.83. The molecule has 0 aliphatic carbocycles. The number of aliphatic hydroxyl groups is 1. The minimum absolute atomic E-state index is 0.214. The number of fused-ring (bicyclic) bond motifs is 1. The molecule has 3 heterocycles. The first-order valence-corrected chi connectivity index (χ1v) is 10.2. The van der Waals surface area contributed by atoms with Gasteiger partial charge in [0.15, 0.2) is 0 Å². The molecule has 1 aromatic heterocycles. The van der Waals surface area contributed by atoms with Crippen LogP contribution in [0.2, 0.25) is 5.02 Å². The van der Waals surface area contributed by atoms with Gasteiger partial charge in [-0.15, -0.1) is 0 Å². The number of rotatable bonds is 4. The standard InChI is InChI=1S/C21H24ClFN4O2/c1-4-21(3)11(2)25-19-13(21)7-12(8-15(19)23)18-14(22)9-24-20(27-18)26-16-5-6-29-10-17(16)28/h7-9,16-17,28H,4-6,10H2,1-3H3,(H,24,26,27)/t16-,17-,21-/m1/s1. The Morgan fingerprint density at radius 3 is 2.93 bits per heavy atom. The smallest absolute Gasteiger partial charge is 0.223 e. The van der Waals surface area contributed by atoms with Crippen LogP contribution in [0.3, 0.4) is 0 Å². The SMILES string of the molecule is CC[C@]1(C)C(C)=Nc2c(F)cc(-c3nc(N[C@@H]4CCOC[C@H]4O)ncc3Cl)cc21. The molecule has 1 saturated heterocycles. The van der Waals surface area contributed by atoms with Crippen LogP contribution in [0.4, 0.5) is 16.0 Å². The van der Waals surface area contributed by atoms with E-state index in [1.165, 1.54) is 12.3 Å². The van der Waals surface area contributed by atoms with Gasteiger partial charge >= 0.3 is 0 Å². The second kappa shape index (κ2) is 7.63. The number of nitrogens with one attached hydrogen (secondary N) is 1. The molecule has 1 aromatic carbocycles. The van der Waals surface area contributed by atoms with E-state index < -0.39 is 11.9 Å². The maximum atomic E-state index is 14.9. The van der Waals surface area contributed by atoms with Crippen molar-refractivity contribution >= 4 is 28.9 Å². The van der Waals surface area contributed by atoms with Crippen LogP contribution in [-0.2, 0) is 10.2 Å². The average Bonchev–Trinajstić information content (AvgIpc) is 2.97.